The van der Waals surface area contributed by atoms with Crippen molar-refractivity contribution in [2.45, 2.75) is 772 Å². The third-order valence-electron chi connectivity index (χ3n) is 43.3. The van der Waals surface area contributed by atoms with Crippen LogP contribution in [0.25, 0.3) is 0 Å². The fraction of sp³-hybridized carbons (Fsp3) is 1.00. The standard InChI is InChI=1S/C122H294Si24/c1-75-100(124(6,7)8)77-102(126(12,13)14)79-104(128(18,19)20)81-106(130(24,25)26)83-108(132(30,31)32)85-110(134(36,37)38)87-112(136(42,43)44)89-114(138(48,49)50)91-116(140(54,55)56)93-118(142(60,61)62)95-120(144(66,67)68)97-122(146(72,73)74)98-121(145(69,70)71)96-119(143(63,64)65)94-117(141(57,58)59)92-115(139(51,52)53)90-113(137(45,46)47)88-111(135(39,40)41)86-109(133(33,34)35)84-107(131(27,28)29)82-105(129(21,22)23)80-103(127(15,16)17)78-101(125(9,10)11)76-99(2)123(3,4)5/h99-122H,75-98H2,1-74H3. The number of hydrogen-bond donors (Lipinski definition) is 0. The van der Waals surface area contributed by atoms with Crippen LogP contribution in [-0.4, -0.2) is 194 Å². The summed E-state index contributed by atoms with van der Waals surface area (Å²) in [4.78, 5) is 0. The highest BCUT2D eigenvalue weighted by Crippen LogP contribution is 2.63. The maximum absolute atomic E-state index is 2.89. The lowest BCUT2D eigenvalue weighted by atomic mass is 9.99. The second-order valence-electron chi connectivity index (χ2n) is 79.5. The Bertz CT molecular complexity index is 3420. The molecule has 0 fully saturated rings. The first-order chi connectivity index (χ1) is 63.4. The highest BCUT2D eigenvalue weighted by atomic mass is 28.4. The summed E-state index contributed by atoms with van der Waals surface area (Å²) in [5.74, 6) is 0. The van der Waals surface area contributed by atoms with Crippen LogP contribution in [0, 0.1) is 0 Å². The minimum atomic E-state index is -1.61. The number of hydrogen-bond acceptors (Lipinski definition) is 0. The quantitative estimate of drug-likeness (QED) is 0.0533. The van der Waals surface area contributed by atoms with E-state index in [2.05, 4.69) is 485 Å². The van der Waals surface area contributed by atoms with Gasteiger partial charge in [-0.15, -0.1) is 0 Å². The lowest BCUT2D eigenvalue weighted by Crippen LogP contribution is -2.43. The molecular formula is C122H294Si24. The zero-order chi connectivity index (χ0) is 117. The molecule has 0 aromatic rings. The largest absolute Gasteiger partial charge is 0.0694 e. The topological polar surface area (TPSA) is 0 Å². The van der Waals surface area contributed by atoms with Gasteiger partial charge in [0.15, 0.2) is 0 Å². The first-order valence-electron chi connectivity index (χ1n) is 63.4. The minimum absolute atomic E-state index is 0.904. The van der Waals surface area contributed by atoms with E-state index in [4.69, 9.17) is 0 Å². The van der Waals surface area contributed by atoms with Crippen LogP contribution in [0.1, 0.15) is 168 Å². The van der Waals surface area contributed by atoms with Crippen LogP contribution in [0.15, 0.2) is 0 Å². The number of rotatable bonds is 71. The molecule has 24 unspecified atom stereocenters. The van der Waals surface area contributed by atoms with Crippen molar-refractivity contribution in [1.82, 2.24) is 0 Å². The fourth-order valence-corrected chi connectivity index (χ4v) is 79.5. The Balaban J connectivity index is 8.26. The monoisotopic (exact) mass is 2430 g/mol. The Kier molecular flexibility index (Phi) is 57.6. The molecule has 0 bridgehead atoms. The zero-order valence-corrected chi connectivity index (χ0v) is 141. The van der Waals surface area contributed by atoms with E-state index >= 15 is 0 Å². The van der Waals surface area contributed by atoms with Gasteiger partial charge in [0.25, 0.3) is 0 Å². The Hall–Kier alpha value is 5.21. The van der Waals surface area contributed by atoms with Crippen molar-refractivity contribution in [1.29, 1.82) is 0 Å². The van der Waals surface area contributed by atoms with Crippen LogP contribution in [0.4, 0.5) is 0 Å². The van der Waals surface area contributed by atoms with Crippen LogP contribution in [0.2, 0.25) is 604 Å². The van der Waals surface area contributed by atoms with Crippen LogP contribution in [-0.2, 0) is 0 Å². The van der Waals surface area contributed by atoms with Gasteiger partial charge >= 0.3 is 0 Å². The minimum Gasteiger partial charge on any atom is -0.0694 e. The van der Waals surface area contributed by atoms with E-state index in [0.29, 0.717) is 0 Å². The highest BCUT2D eigenvalue weighted by molar-refractivity contribution is 6.89. The molecule has 0 aliphatic rings. The first-order valence-corrected chi connectivity index (χ1v) is 149. The molecule has 0 N–H and O–H groups in total. The van der Waals surface area contributed by atoms with E-state index in [1.807, 2.05) is 0 Å². The summed E-state index contributed by atoms with van der Waals surface area (Å²) >= 11 is 0. The first kappa shape index (κ1) is 151. The van der Waals surface area contributed by atoms with Crippen molar-refractivity contribution in [3.8, 4) is 0 Å². The van der Waals surface area contributed by atoms with Crippen LogP contribution in [0.5, 0.6) is 0 Å². The predicted octanol–water partition coefficient (Wildman–Crippen LogP) is 51.4. The molecule has 0 saturated carbocycles. The molecule has 0 spiro atoms. The van der Waals surface area contributed by atoms with Gasteiger partial charge in [0.2, 0.25) is 0 Å². The van der Waals surface area contributed by atoms with Gasteiger partial charge in [-0.25, -0.2) is 0 Å². The highest BCUT2D eigenvalue weighted by Gasteiger charge is 2.53. The molecule has 0 nitrogen and oxygen atoms in total. The maximum Gasteiger partial charge on any atom is 0.0473 e. The van der Waals surface area contributed by atoms with Gasteiger partial charge in [-0.05, 0) is 133 Å². The van der Waals surface area contributed by atoms with E-state index in [-0.39, 0.29) is 0 Å². The molecule has 0 aliphatic heterocycles. The molecule has 878 valence electrons. The van der Waals surface area contributed by atoms with E-state index in [9.17, 15) is 0 Å². The van der Waals surface area contributed by atoms with E-state index < -0.39 is 194 Å². The molecule has 0 amide bonds. The zero-order valence-electron chi connectivity index (χ0n) is 117. The lowest BCUT2D eigenvalue weighted by molar-refractivity contribution is 0.476. The van der Waals surface area contributed by atoms with Gasteiger partial charge in [-0.1, -0.05) is 639 Å². The molecule has 0 heterocycles. The Morgan fingerprint density at radius 2 is 0.137 bits per heavy atom. The molecule has 0 aromatic carbocycles. The van der Waals surface area contributed by atoms with Crippen LogP contribution in [0.3, 0.4) is 0 Å². The Morgan fingerprint density at radius 3 is 0.185 bits per heavy atom. The van der Waals surface area contributed by atoms with Crippen molar-refractivity contribution < 1.29 is 0 Å². The summed E-state index contributed by atoms with van der Waals surface area (Å²) in [6, 6.07) is 0. The molecule has 0 rings (SSSR count). The second-order valence-corrected chi connectivity index (χ2v) is 213. The fourth-order valence-electron chi connectivity index (χ4n) is 27.1. The summed E-state index contributed by atoms with van der Waals surface area (Å²) in [6.45, 7) is 210. The van der Waals surface area contributed by atoms with Gasteiger partial charge in [-0.2, -0.15) is 0 Å². The Labute approximate surface area is 956 Å². The van der Waals surface area contributed by atoms with Crippen LogP contribution < -0.4 is 0 Å². The third kappa shape index (κ3) is 55.4. The maximum atomic E-state index is 2.89. The van der Waals surface area contributed by atoms with Gasteiger partial charge in [-0.3, -0.25) is 0 Å². The van der Waals surface area contributed by atoms with Crippen molar-refractivity contribution in [3.05, 3.63) is 0 Å². The van der Waals surface area contributed by atoms with Crippen molar-refractivity contribution >= 4 is 194 Å². The summed E-state index contributed by atoms with van der Waals surface area (Å²) < 4.78 is 0. The van der Waals surface area contributed by atoms with Crippen molar-refractivity contribution in [3.63, 3.8) is 0 Å². The molecule has 24 heteroatoms. The average Bonchev–Trinajstić information content (AvgIpc) is 0.773. The van der Waals surface area contributed by atoms with Gasteiger partial charge in [0.1, 0.15) is 0 Å². The van der Waals surface area contributed by atoms with Crippen LogP contribution >= 0.6 is 0 Å². The summed E-state index contributed by atoms with van der Waals surface area (Å²) in [6.07, 6.45) is 36.9. The SMILES string of the molecule is CCC(CC(CC(CC(CC(CC(CC(CC(CC(CC(CC(CC(CC(CC(CC(CC(CC(CC(CC(CC(CC(CC(CC(CC(C)[Si](C)(C)C)[Si](C)(C)C)[Si](C)(C)C)[Si](C)(C)C)[Si](C)(C)C)[Si](C)(C)C)[Si](C)(C)C)[Si](C)(C)C)[Si](C)(C)C)[Si](C)(C)C)[Si](C)(C)C)[Si](C)(C)C)[Si](C)(C)C)[Si](C)(C)C)[Si](C)(C)C)[Si](C)(C)C)[Si](C)(C)C)[Si](C)(C)C)[Si](C)(C)C)[Si](C)(C)C)[Si](C)(C)C)[Si](C)(C)C)[Si](C)(C)C)[Si](C)(C)C. The molecule has 0 saturated heterocycles. The normalized spacial score (nSPS) is 20.3. The molecule has 0 aromatic heterocycles. The Morgan fingerprint density at radius 1 is 0.0822 bits per heavy atom. The van der Waals surface area contributed by atoms with Gasteiger partial charge < -0.3 is 0 Å². The average molecular weight is 2440 g/mol. The molecule has 24 atom stereocenters. The predicted molar refractivity (Wildman–Crippen MR) is 772 cm³/mol. The lowest BCUT2D eigenvalue weighted by Gasteiger charge is -2.47. The second kappa shape index (κ2) is 55.6. The molecule has 146 heavy (non-hydrogen) atoms. The smallest absolute Gasteiger partial charge is 0.0473 e. The summed E-state index contributed by atoms with van der Waals surface area (Å²) in [5.41, 5.74) is 22.1. The molecule has 0 radical (unpaired) electrons. The van der Waals surface area contributed by atoms with Gasteiger partial charge in [0, 0.05) is 194 Å². The van der Waals surface area contributed by atoms with E-state index in [1.165, 1.54) is 25.7 Å². The van der Waals surface area contributed by atoms with Crippen molar-refractivity contribution in [2.24, 2.45) is 0 Å². The summed E-state index contributed by atoms with van der Waals surface area (Å²) in [5, 5.41) is 0. The van der Waals surface area contributed by atoms with Gasteiger partial charge in [0.05, 0.1) is 0 Å². The molecular weight excluding hydrogens is 2140 g/mol. The van der Waals surface area contributed by atoms with E-state index in [0.717, 1.165) is 133 Å². The third-order valence-corrected chi connectivity index (χ3v) is 114. The van der Waals surface area contributed by atoms with Crippen molar-refractivity contribution in [2.75, 3.05) is 0 Å². The summed E-state index contributed by atoms with van der Waals surface area (Å²) in [7, 11) is -36.4. The molecule has 0 aliphatic carbocycles. The van der Waals surface area contributed by atoms with E-state index in [1.54, 1.807) is 128 Å².